The van der Waals surface area contributed by atoms with Crippen molar-refractivity contribution in [2.24, 2.45) is 0 Å². The van der Waals surface area contributed by atoms with Crippen LogP contribution in [0.3, 0.4) is 0 Å². The predicted molar refractivity (Wildman–Crippen MR) is 110 cm³/mol. The van der Waals surface area contributed by atoms with E-state index in [1.165, 1.54) is 22.3 Å². The lowest BCUT2D eigenvalue weighted by atomic mass is 9.98. The van der Waals surface area contributed by atoms with E-state index in [2.05, 4.69) is 68.4 Å². The molecule has 2 aromatic carbocycles. The molecule has 4 rings (SSSR count). The standard InChI is InChI=1S/C22H19ClN4/c23-22-13-20(9-10-25-22)26-14-19-3-1-2-4-21(19)18-7-5-17(6-8-18)15-27-12-11-24-16-27/h1-13,16H,14-15H2,(H,25,26). The van der Waals surface area contributed by atoms with E-state index < -0.39 is 0 Å². The highest BCUT2D eigenvalue weighted by atomic mass is 35.5. The van der Waals surface area contributed by atoms with E-state index in [0.29, 0.717) is 11.7 Å². The summed E-state index contributed by atoms with van der Waals surface area (Å²) in [6, 6.07) is 20.9. The van der Waals surface area contributed by atoms with Gasteiger partial charge in [0.25, 0.3) is 0 Å². The van der Waals surface area contributed by atoms with E-state index in [9.17, 15) is 0 Å². The number of nitrogens with one attached hydrogen (secondary N) is 1. The lowest BCUT2D eigenvalue weighted by Crippen LogP contribution is -2.01. The minimum Gasteiger partial charge on any atom is -0.381 e. The van der Waals surface area contributed by atoms with E-state index in [1.807, 2.05) is 24.7 Å². The summed E-state index contributed by atoms with van der Waals surface area (Å²) in [5.41, 5.74) is 5.86. The van der Waals surface area contributed by atoms with Gasteiger partial charge in [0.15, 0.2) is 0 Å². The van der Waals surface area contributed by atoms with Crippen molar-refractivity contribution < 1.29 is 0 Å². The number of rotatable bonds is 6. The number of pyridine rings is 1. The fourth-order valence-electron chi connectivity index (χ4n) is 3.05. The Hall–Kier alpha value is -3.11. The molecule has 0 aliphatic carbocycles. The zero-order valence-electron chi connectivity index (χ0n) is 14.7. The average Bonchev–Trinajstić information content (AvgIpc) is 3.20. The molecule has 134 valence electrons. The summed E-state index contributed by atoms with van der Waals surface area (Å²) in [5, 5.41) is 3.91. The Morgan fingerprint density at radius 1 is 0.963 bits per heavy atom. The highest BCUT2D eigenvalue weighted by Gasteiger charge is 2.05. The SMILES string of the molecule is Clc1cc(NCc2ccccc2-c2ccc(Cn3ccnc3)cc2)ccn1. The summed E-state index contributed by atoms with van der Waals surface area (Å²) in [7, 11) is 0. The van der Waals surface area contributed by atoms with Crippen molar-refractivity contribution in [2.45, 2.75) is 13.1 Å². The molecule has 2 aromatic heterocycles. The van der Waals surface area contributed by atoms with Gasteiger partial charge in [0.2, 0.25) is 0 Å². The summed E-state index contributed by atoms with van der Waals surface area (Å²) in [4.78, 5) is 8.10. The molecule has 5 heteroatoms. The summed E-state index contributed by atoms with van der Waals surface area (Å²) >= 11 is 5.96. The van der Waals surface area contributed by atoms with Crippen LogP contribution in [0.4, 0.5) is 5.69 Å². The first-order valence-electron chi connectivity index (χ1n) is 8.76. The van der Waals surface area contributed by atoms with Crippen molar-refractivity contribution in [3.05, 3.63) is 102 Å². The van der Waals surface area contributed by atoms with E-state index in [-0.39, 0.29) is 0 Å². The zero-order valence-corrected chi connectivity index (χ0v) is 15.5. The topological polar surface area (TPSA) is 42.7 Å². The quantitative estimate of drug-likeness (QED) is 0.468. The van der Waals surface area contributed by atoms with Crippen molar-refractivity contribution >= 4 is 17.3 Å². The van der Waals surface area contributed by atoms with Crippen LogP contribution in [0.15, 0.2) is 85.6 Å². The first-order chi connectivity index (χ1) is 13.3. The molecule has 0 aliphatic rings. The van der Waals surface area contributed by atoms with Crippen LogP contribution in [0.5, 0.6) is 0 Å². The van der Waals surface area contributed by atoms with Gasteiger partial charge in [-0.1, -0.05) is 60.1 Å². The molecule has 2 heterocycles. The second kappa shape index (κ2) is 8.06. The number of halogens is 1. The molecule has 0 unspecified atom stereocenters. The number of imidazole rings is 1. The van der Waals surface area contributed by atoms with Crippen molar-refractivity contribution in [3.63, 3.8) is 0 Å². The van der Waals surface area contributed by atoms with Gasteiger partial charge in [0, 0.05) is 37.4 Å². The van der Waals surface area contributed by atoms with Gasteiger partial charge in [-0.25, -0.2) is 9.97 Å². The Kier molecular flexibility index (Phi) is 5.17. The molecular weight excluding hydrogens is 356 g/mol. The number of hydrogen-bond donors (Lipinski definition) is 1. The second-order valence-electron chi connectivity index (χ2n) is 6.31. The molecule has 0 aliphatic heterocycles. The van der Waals surface area contributed by atoms with Gasteiger partial charge in [0.1, 0.15) is 5.15 Å². The van der Waals surface area contributed by atoms with Crippen LogP contribution in [0.1, 0.15) is 11.1 Å². The van der Waals surface area contributed by atoms with Gasteiger partial charge in [-0.05, 0) is 34.4 Å². The highest BCUT2D eigenvalue weighted by Crippen LogP contribution is 2.25. The Labute approximate surface area is 163 Å². The van der Waals surface area contributed by atoms with E-state index >= 15 is 0 Å². The number of anilines is 1. The first kappa shape index (κ1) is 17.3. The van der Waals surface area contributed by atoms with Crippen molar-refractivity contribution in [2.75, 3.05) is 5.32 Å². The van der Waals surface area contributed by atoms with Crippen molar-refractivity contribution in [1.82, 2.24) is 14.5 Å². The van der Waals surface area contributed by atoms with Gasteiger partial charge in [-0.15, -0.1) is 0 Å². The van der Waals surface area contributed by atoms with Gasteiger partial charge in [0.05, 0.1) is 6.33 Å². The van der Waals surface area contributed by atoms with Crippen LogP contribution in [0.2, 0.25) is 5.15 Å². The molecule has 4 aromatic rings. The molecule has 0 radical (unpaired) electrons. The van der Waals surface area contributed by atoms with Crippen molar-refractivity contribution in [1.29, 1.82) is 0 Å². The van der Waals surface area contributed by atoms with Gasteiger partial charge in [-0.3, -0.25) is 0 Å². The Bertz CT molecular complexity index is 1010. The van der Waals surface area contributed by atoms with Crippen LogP contribution in [-0.4, -0.2) is 14.5 Å². The smallest absolute Gasteiger partial charge is 0.131 e. The van der Waals surface area contributed by atoms with E-state index in [1.54, 1.807) is 12.4 Å². The van der Waals surface area contributed by atoms with E-state index in [0.717, 1.165) is 12.2 Å². The Morgan fingerprint density at radius 3 is 2.59 bits per heavy atom. The fraction of sp³-hybridized carbons (Fsp3) is 0.0909. The predicted octanol–water partition coefficient (Wildman–Crippen LogP) is 5.26. The molecule has 0 fully saturated rings. The van der Waals surface area contributed by atoms with Crippen LogP contribution in [0, 0.1) is 0 Å². The van der Waals surface area contributed by atoms with Gasteiger partial charge >= 0.3 is 0 Å². The summed E-state index contributed by atoms with van der Waals surface area (Å²) in [6.07, 6.45) is 7.31. The average molecular weight is 375 g/mol. The third-order valence-electron chi connectivity index (χ3n) is 4.42. The highest BCUT2D eigenvalue weighted by molar-refractivity contribution is 6.29. The first-order valence-corrected chi connectivity index (χ1v) is 9.14. The van der Waals surface area contributed by atoms with Gasteiger partial charge < -0.3 is 9.88 Å². The van der Waals surface area contributed by atoms with Gasteiger partial charge in [-0.2, -0.15) is 0 Å². The molecule has 0 spiro atoms. The normalized spacial score (nSPS) is 10.7. The lowest BCUT2D eigenvalue weighted by Gasteiger charge is -2.12. The third-order valence-corrected chi connectivity index (χ3v) is 4.62. The van der Waals surface area contributed by atoms with Crippen LogP contribution in [0.25, 0.3) is 11.1 Å². The maximum absolute atomic E-state index is 5.96. The molecule has 1 N–H and O–H groups in total. The van der Waals surface area contributed by atoms with Crippen LogP contribution in [-0.2, 0) is 13.1 Å². The molecule has 0 bridgehead atoms. The lowest BCUT2D eigenvalue weighted by molar-refractivity contribution is 0.797. The van der Waals surface area contributed by atoms with Crippen molar-refractivity contribution in [3.8, 4) is 11.1 Å². The monoisotopic (exact) mass is 374 g/mol. The number of benzene rings is 2. The minimum absolute atomic E-state index is 0.488. The number of aromatic nitrogens is 3. The zero-order chi connectivity index (χ0) is 18.5. The Balaban J connectivity index is 1.51. The number of nitrogens with zero attached hydrogens (tertiary/aromatic N) is 3. The second-order valence-corrected chi connectivity index (χ2v) is 6.70. The van der Waals surface area contributed by atoms with Crippen LogP contribution >= 0.6 is 11.6 Å². The summed E-state index contributed by atoms with van der Waals surface area (Å²) in [5.74, 6) is 0. The Morgan fingerprint density at radius 2 is 1.81 bits per heavy atom. The number of hydrogen-bond acceptors (Lipinski definition) is 3. The molecule has 27 heavy (non-hydrogen) atoms. The maximum Gasteiger partial charge on any atom is 0.131 e. The van der Waals surface area contributed by atoms with Crippen LogP contribution < -0.4 is 5.32 Å². The maximum atomic E-state index is 5.96. The molecule has 4 nitrogen and oxygen atoms in total. The summed E-state index contributed by atoms with van der Waals surface area (Å²) in [6.45, 7) is 1.54. The van der Waals surface area contributed by atoms with E-state index in [4.69, 9.17) is 11.6 Å². The minimum atomic E-state index is 0.488. The molecule has 0 atom stereocenters. The molecule has 0 saturated carbocycles. The fourth-order valence-corrected chi connectivity index (χ4v) is 3.22. The molecular formula is C22H19ClN4. The molecule has 0 amide bonds. The molecule has 0 saturated heterocycles. The largest absolute Gasteiger partial charge is 0.381 e. The third kappa shape index (κ3) is 4.36. The summed E-state index contributed by atoms with van der Waals surface area (Å²) < 4.78 is 2.06.